The van der Waals surface area contributed by atoms with Crippen molar-refractivity contribution in [2.24, 2.45) is 5.92 Å². The number of carbonyl (C=O) groups is 1. The van der Waals surface area contributed by atoms with Crippen molar-refractivity contribution in [2.75, 3.05) is 18.5 Å². The molecule has 112 valence electrons. The Kier molecular flexibility index (Phi) is 6.02. The van der Waals surface area contributed by atoms with Gasteiger partial charge in [0.1, 0.15) is 5.54 Å². The molecule has 1 aromatic carbocycles. The topological polar surface area (TPSA) is 61.4 Å². The van der Waals surface area contributed by atoms with Crippen LogP contribution in [0.5, 0.6) is 0 Å². The predicted molar refractivity (Wildman–Crippen MR) is 82.8 cm³/mol. The van der Waals surface area contributed by atoms with E-state index in [9.17, 15) is 4.79 Å². The summed E-state index contributed by atoms with van der Waals surface area (Å²) in [7, 11) is 0. The lowest BCUT2D eigenvalue weighted by Crippen LogP contribution is -2.48. The quantitative estimate of drug-likeness (QED) is 0.717. The first-order chi connectivity index (χ1) is 9.35. The zero-order valence-electron chi connectivity index (χ0n) is 12.9. The number of hydrogen-bond acceptors (Lipinski definition) is 3. The Morgan fingerprint density at radius 1 is 1.30 bits per heavy atom. The molecule has 20 heavy (non-hydrogen) atoms. The monoisotopic (exact) mass is 278 g/mol. The van der Waals surface area contributed by atoms with Crippen molar-refractivity contribution in [3.8, 4) is 0 Å². The van der Waals surface area contributed by atoms with Gasteiger partial charge in [-0.3, -0.25) is 4.79 Å². The van der Waals surface area contributed by atoms with Crippen LogP contribution in [-0.2, 0) is 4.79 Å². The fraction of sp³-hybridized carbons (Fsp3) is 0.562. The normalized spacial score (nSPS) is 12.8. The van der Waals surface area contributed by atoms with E-state index in [1.165, 1.54) is 5.56 Å². The summed E-state index contributed by atoms with van der Waals surface area (Å²) >= 11 is 0. The number of amides is 1. The lowest BCUT2D eigenvalue weighted by molar-refractivity contribution is -0.124. The van der Waals surface area contributed by atoms with Crippen LogP contribution in [0.1, 0.15) is 32.8 Å². The fourth-order valence-corrected chi connectivity index (χ4v) is 1.80. The molecule has 1 amide bonds. The summed E-state index contributed by atoms with van der Waals surface area (Å²) < 4.78 is 0. The Labute approximate surface area is 121 Å². The SMILES string of the molecule is Cc1ccc(NC(C)(C)C(=O)NCCC(C)CO)cc1. The van der Waals surface area contributed by atoms with E-state index >= 15 is 0 Å². The first kappa shape index (κ1) is 16.5. The summed E-state index contributed by atoms with van der Waals surface area (Å²) in [5.74, 6) is 0.173. The Morgan fingerprint density at radius 2 is 1.90 bits per heavy atom. The van der Waals surface area contributed by atoms with Gasteiger partial charge in [0.15, 0.2) is 0 Å². The van der Waals surface area contributed by atoms with Crippen LogP contribution in [0.3, 0.4) is 0 Å². The molecule has 0 heterocycles. The van der Waals surface area contributed by atoms with E-state index in [1.54, 1.807) is 0 Å². The summed E-state index contributed by atoms with van der Waals surface area (Å²) in [4.78, 5) is 12.2. The van der Waals surface area contributed by atoms with Crippen LogP contribution in [0.4, 0.5) is 5.69 Å². The summed E-state index contributed by atoms with van der Waals surface area (Å²) in [5, 5.41) is 15.1. The molecule has 1 rings (SSSR count). The minimum absolute atomic E-state index is 0.0387. The molecule has 1 aromatic rings. The molecule has 1 atom stereocenters. The molecule has 0 aliphatic carbocycles. The molecule has 4 nitrogen and oxygen atoms in total. The zero-order valence-corrected chi connectivity index (χ0v) is 12.9. The summed E-state index contributed by atoms with van der Waals surface area (Å²) in [6.07, 6.45) is 0.781. The van der Waals surface area contributed by atoms with E-state index < -0.39 is 5.54 Å². The third-order valence-corrected chi connectivity index (χ3v) is 3.31. The maximum Gasteiger partial charge on any atom is 0.245 e. The molecule has 1 unspecified atom stereocenters. The second-order valence-corrected chi connectivity index (χ2v) is 5.95. The van der Waals surface area contributed by atoms with Gasteiger partial charge in [0.25, 0.3) is 0 Å². The van der Waals surface area contributed by atoms with Gasteiger partial charge in [-0.25, -0.2) is 0 Å². The van der Waals surface area contributed by atoms with E-state index in [0.29, 0.717) is 6.54 Å². The Hall–Kier alpha value is -1.55. The van der Waals surface area contributed by atoms with Gasteiger partial charge < -0.3 is 15.7 Å². The molecule has 0 spiro atoms. The molecule has 4 heteroatoms. The van der Waals surface area contributed by atoms with Crippen molar-refractivity contribution in [1.29, 1.82) is 0 Å². The number of aliphatic hydroxyl groups excluding tert-OH is 1. The van der Waals surface area contributed by atoms with Gasteiger partial charge in [0, 0.05) is 18.8 Å². The highest BCUT2D eigenvalue weighted by atomic mass is 16.3. The van der Waals surface area contributed by atoms with Crippen molar-refractivity contribution in [3.63, 3.8) is 0 Å². The lowest BCUT2D eigenvalue weighted by Gasteiger charge is -2.26. The van der Waals surface area contributed by atoms with Crippen molar-refractivity contribution in [3.05, 3.63) is 29.8 Å². The van der Waals surface area contributed by atoms with Crippen LogP contribution in [0.25, 0.3) is 0 Å². The largest absolute Gasteiger partial charge is 0.396 e. The number of aliphatic hydroxyl groups is 1. The van der Waals surface area contributed by atoms with E-state index in [-0.39, 0.29) is 18.4 Å². The Balaban J connectivity index is 2.50. The Bertz CT molecular complexity index is 427. The van der Waals surface area contributed by atoms with Gasteiger partial charge in [0.2, 0.25) is 5.91 Å². The van der Waals surface area contributed by atoms with Crippen LogP contribution < -0.4 is 10.6 Å². The second-order valence-electron chi connectivity index (χ2n) is 5.95. The molecule has 0 saturated carbocycles. The van der Waals surface area contributed by atoms with Gasteiger partial charge in [0.05, 0.1) is 0 Å². The highest BCUT2D eigenvalue weighted by Crippen LogP contribution is 2.16. The van der Waals surface area contributed by atoms with E-state index in [2.05, 4.69) is 10.6 Å². The van der Waals surface area contributed by atoms with Gasteiger partial charge in [-0.1, -0.05) is 24.6 Å². The molecule has 0 aromatic heterocycles. The third-order valence-electron chi connectivity index (χ3n) is 3.31. The number of carbonyl (C=O) groups excluding carboxylic acids is 1. The molecule has 0 saturated heterocycles. The van der Waals surface area contributed by atoms with E-state index in [1.807, 2.05) is 52.0 Å². The minimum atomic E-state index is -0.669. The van der Waals surface area contributed by atoms with Gasteiger partial charge in [-0.15, -0.1) is 0 Å². The highest BCUT2D eigenvalue weighted by molar-refractivity contribution is 5.88. The Morgan fingerprint density at radius 3 is 2.45 bits per heavy atom. The van der Waals surface area contributed by atoms with Crippen molar-refractivity contribution < 1.29 is 9.90 Å². The molecule has 0 aliphatic rings. The number of aryl methyl sites for hydroxylation is 1. The van der Waals surface area contributed by atoms with Crippen LogP contribution >= 0.6 is 0 Å². The zero-order chi connectivity index (χ0) is 15.2. The van der Waals surface area contributed by atoms with Gasteiger partial charge >= 0.3 is 0 Å². The molecule has 0 fully saturated rings. The molecular weight excluding hydrogens is 252 g/mol. The highest BCUT2D eigenvalue weighted by Gasteiger charge is 2.26. The molecule has 0 bridgehead atoms. The number of anilines is 1. The predicted octanol–water partition coefficient (Wildman–Crippen LogP) is 2.32. The van der Waals surface area contributed by atoms with Crippen LogP contribution in [0, 0.1) is 12.8 Å². The summed E-state index contributed by atoms with van der Waals surface area (Å²) in [6, 6.07) is 7.97. The average Bonchev–Trinajstić information content (AvgIpc) is 2.40. The lowest BCUT2D eigenvalue weighted by atomic mass is 10.0. The summed E-state index contributed by atoms with van der Waals surface area (Å²) in [5.41, 5.74) is 1.45. The molecule has 0 radical (unpaired) electrons. The minimum Gasteiger partial charge on any atom is -0.396 e. The van der Waals surface area contributed by atoms with Gasteiger partial charge in [-0.05, 0) is 45.2 Å². The fourth-order valence-electron chi connectivity index (χ4n) is 1.80. The van der Waals surface area contributed by atoms with Crippen molar-refractivity contribution in [1.82, 2.24) is 5.32 Å². The standard InChI is InChI=1S/C16H26N2O2/c1-12-5-7-14(8-6-12)18-16(3,4)15(20)17-10-9-13(2)11-19/h5-8,13,18-19H,9-11H2,1-4H3,(H,17,20). The second kappa shape index (κ2) is 7.29. The third kappa shape index (κ3) is 5.21. The van der Waals surface area contributed by atoms with Crippen molar-refractivity contribution >= 4 is 11.6 Å². The number of hydrogen-bond donors (Lipinski definition) is 3. The number of benzene rings is 1. The molecule has 3 N–H and O–H groups in total. The maximum atomic E-state index is 12.2. The smallest absolute Gasteiger partial charge is 0.245 e. The van der Waals surface area contributed by atoms with Crippen LogP contribution in [0.2, 0.25) is 0 Å². The first-order valence-corrected chi connectivity index (χ1v) is 7.09. The van der Waals surface area contributed by atoms with Crippen molar-refractivity contribution in [2.45, 2.75) is 39.7 Å². The molecule has 0 aliphatic heterocycles. The molecular formula is C16H26N2O2. The number of nitrogens with one attached hydrogen (secondary N) is 2. The van der Waals surface area contributed by atoms with E-state index in [4.69, 9.17) is 5.11 Å². The van der Waals surface area contributed by atoms with Crippen LogP contribution in [0.15, 0.2) is 24.3 Å². The maximum absolute atomic E-state index is 12.2. The average molecular weight is 278 g/mol. The first-order valence-electron chi connectivity index (χ1n) is 7.09. The number of rotatable bonds is 7. The van der Waals surface area contributed by atoms with E-state index in [0.717, 1.165) is 12.1 Å². The summed E-state index contributed by atoms with van der Waals surface area (Å²) in [6.45, 7) is 8.45. The van der Waals surface area contributed by atoms with Gasteiger partial charge in [-0.2, -0.15) is 0 Å². The van der Waals surface area contributed by atoms with Crippen LogP contribution in [-0.4, -0.2) is 29.7 Å².